The van der Waals surface area contributed by atoms with E-state index < -0.39 is 40.9 Å². The number of carbonyl (C=O) groups is 3. The molecule has 40 heavy (non-hydrogen) atoms. The van der Waals surface area contributed by atoms with E-state index in [-0.39, 0.29) is 35.4 Å². The van der Waals surface area contributed by atoms with Crippen LogP contribution in [0.3, 0.4) is 0 Å². The summed E-state index contributed by atoms with van der Waals surface area (Å²) in [7, 11) is 0. The molecule has 1 heterocycles. The minimum Gasteiger partial charge on any atom is -0.434 e. The fraction of sp³-hybridized carbons (Fsp3) is 0.464. The summed E-state index contributed by atoms with van der Waals surface area (Å²) in [5, 5.41) is 14.6. The number of carbonyl (C=O) groups excluding carboxylic acids is 3. The Morgan fingerprint density at radius 3 is 2.60 bits per heavy atom. The maximum absolute atomic E-state index is 15.6. The van der Waals surface area contributed by atoms with Crippen molar-refractivity contribution in [2.45, 2.75) is 62.3 Å². The number of halogens is 3. The summed E-state index contributed by atoms with van der Waals surface area (Å²) in [6.45, 7) is 2.14. The Balaban J connectivity index is 1.68. The van der Waals surface area contributed by atoms with E-state index >= 15 is 8.78 Å². The topological polar surface area (TPSA) is 117 Å². The third kappa shape index (κ3) is 8.81. The number of ether oxygens (including phenoxy) is 1. The highest BCUT2D eigenvalue weighted by atomic mass is 35.5. The smallest absolute Gasteiger partial charge is 0.418 e. The Morgan fingerprint density at radius 1 is 1.23 bits per heavy atom. The maximum Gasteiger partial charge on any atom is 0.418 e. The Hall–Kier alpha value is -2.89. The molecule has 4 N–H and O–H groups in total. The summed E-state index contributed by atoms with van der Waals surface area (Å²) >= 11 is 6.69. The van der Waals surface area contributed by atoms with Crippen molar-refractivity contribution in [3.63, 3.8) is 0 Å². The average Bonchev–Trinajstić information content (AvgIpc) is 3.35. The lowest BCUT2D eigenvalue weighted by atomic mass is 9.97. The second-order valence-corrected chi connectivity index (χ2v) is 11.0. The summed E-state index contributed by atoms with van der Waals surface area (Å²) in [5.41, 5.74) is -0.338. The minimum absolute atomic E-state index is 0.0784. The first-order valence-corrected chi connectivity index (χ1v) is 14.4. The second-order valence-electron chi connectivity index (χ2n) is 9.58. The molecular formula is C28H34ClF2N3O5S. The molecular weight excluding hydrogens is 564 g/mol. The largest absolute Gasteiger partial charge is 0.434 e. The normalized spacial score (nSPS) is 17.4. The molecule has 0 bridgehead atoms. The molecule has 0 saturated carbocycles. The Kier molecular flexibility index (Phi) is 12.0. The highest BCUT2D eigenvalue weighted by molar-refractivity contribution is 7.99. The van der Waals surface area contributed by atoms with Gasteiger partial charge in [0.05, 0.1) is 12.6 Å². The lowest BCUT2D eigenvalue weighted by Gasteiger charge is -2.28. The molecule has 218 valence electrons. The van der Waals surface area contributed by atoms with Crippen molar-refractivity contribution in [2.24, 2.45) is 5.92 Å². The molecule has 1 aliphatic rings. The predicted octanol–water partition coefficient (Wildman–Crippen LogP) is 5.11. The van der Waals surface area contributed by atoms with Crippen LogP contribution in [0.4, 0.5) is 13.6 Å². The Labute approximate surface area is 241 Å². The number of aliphatic hydroxyl groups is 1. The standard InChI is InChI=1S/C28H34ClF2N3O5S/c1-2-3-12-23(26(37)33-22(17-35)15-19-13-14-32-25(19)36)40-34-27(38)39-24(18-8-5-4-6-9-18)28(30,31)20-10-7-11-21(29)16-20/h4-11,16,19,22-24,35H,2-3,12-15,17H2,1H3,(H,32,36)(H,33,37)(H,34,38)/t19-,22-,23-,24?/m0/s1. The molecule has 0 aliphatic carbocycles. The van der Waals surface area contributed by atoms with Gasteiger partial charge in [-0.1, -0.05) is 73.8 Å². The van der Waals surface area contributed by atoms with Crippen molar-refractivity contribution in [2.75, 3.05) is 13.2 Å². The highest BCUT2D eigenvalue weighted by Gasteiger charge is 2.45. The van der Waals surface area contributed by atoms with Crippen LogP contribution in [0.1, 0.15) is 56.3 Å². The molecule has 1 aliphatic heterocycles. The van der Waals surface area contributed by atoms with Crippen LogP contribution in [0.2, 0.25) is 5.02 Å². The molecule has 0 spiro atoms. The van der Waals surface area contributed by atoms with E-state index in [9.17, 15) is 19.5 Å². The third-order valence-corrected chi connectivity index (χ3v) is 7.82. The number of alkyl halides is 2. The molecule has 1 saturated heterocycles. The van der Waals surface area contributed by atoms with E-state index in [0.29, 0.717) is 25.8 Å². The van der Waals surface area contributed by atoms with E-state index in [0.717, 1.165) is 24.4 Å². The van der Waals surface area contributed by atoms with Crippen LogP contribution in [0, 0.1) is 5.92 Å². The fourth-order valence-electron chi connectivity index (χ4n) is 4.40. The van der Waals surface area contributed by atoms with E-state index in [1.54, 1.807) is 18.2 Å². The molecule has 12 heteroatoms. The van der Waals surface area contributed by atoms with Crippen LogP contribution in [-0.2, 0) is 20.2 Å². The van der Waals surface area contributed by atoms with Crippen LogP contribution < -0.4 is 15.4 Å². The monoisotopic (exact) mass is 597 g/mol. The number of amides is 3. The number of benzene rings is 2. The van der Waals surface area contributed by atoms with Crippen LogP contribution in [0.15, 0.2) is 54.6 Å². The lowest BCUT2D eigenvalue weighted by molar-refractivity contribution is -0.124. The summed E-state index contributed by atoms with van der Waals surface area (Å²) in [5.74, 6) is -4.48. The zero-order valence-corrected chi connectivity index (χ0v) is 23.7. The van der Waals surface area contributed by atoms with Gasteiger partial charge in [0.2, 0.25) is 11.8 Å². The molecule has 2 aromatic carbocycles. The van der Waals surface area contributed by atoms with Crippen LogP contribution >= 0.6 is 23.5 Å². The van der Waals surface area contributed by atoms with Gasteiger partial charge >= 0.3 is 12.0 Å². The molecule has 4 atom stereocenters. The first-order chi connectivity index (χ1) is 19.1. The number of aliphatic hydroxyl groups excluding tert-OH is 1. The first-order valence-electron chi connectivity index (χ1n) is 13.2. The fourth-order valence-corrected chi connectivity index (χ4v) is 5.33. The van der Waals surface area contributed by atoms with Gasteiger partial charge in [-0.05, 0) is 48.9 Å². The summed E-state index contributed by atoms with van der Waals surface area (Å²) in [4.78, 5) is 37.7. The van der Waals surface area contributed by atoms with Gasteiger partial charge in [0.25, 0.3) is 0 Å². The van der Waals surface area contributed by atoms with Gasteiger partial charge in [0.15, 0.2) is 6.10 Å². The van der Waals surface area contributed by atoms with Crippen molar-refractivity contribution in [3.8, 4) is 0 Å². The van der Waals surface area contributed by atoms with Crippen molar-refractivity contribution in [3.05, 3.63) is 70.7 Å². The van der Waals surface area contributed by atoms with E-state index in [2.05, 4.69) is 15.4 Å². The molecule has 3 amide bonds. The van der Waals surface area contributed by atoms with Gasteiger partial charge in [-0.2, -0.15) is 8.78 Å². The molecule has 0 aromatic heterocycles. The number of nitrogens with one attached hydrogen (secondary N) is 3. The quantitative estimate of drug-likeness (QED) is 0.225. The molecule has 2 aromatic rings. The Bertz CT molecular complexity index is 1140. The molecule has 3 rings (SSSR count). The van der Waals surface area contributed by atoms with Gasteiger partial charge < -0.3 is 20.5 Å². The van der Waals surface area contributed by atoms with Gasteiger partial charge in [-0.15, -0.1) is 0 Å². The van der Waals surface area contributed by atoms with E-state index in [1.165, 1.54) is 30.3 Å². The van der Waals surface area contributed by atoms with Gasteiger partial charge in [-0.3, -0.25) is 14.3 Å². The molecule has 0 radical (unpaired) electrons. The summed E-state index contributed by atoms with van der Waals surface area (Å²) in [6.07, 6.45) is -0.376. The number of unbranched alkanes of at least 4 members (excludes halogenated alkanes) is 1. The first kappa shape index (κ1) is 31.6. The van der Waals surface area contributed by atoms with E-state index in [4.69, 9.17) is 16.3 Å². The zero-order valence-electron chi connectivity index (χ0n) is 22.1. The molecule has 8 nitrogen and oxygen atoms in total. The third-order valence-electron chi connectivity index (χ3n) is 6.56. The zero-order chi connectivity index (χ0) is 29.1. The number of rotatable bonds is 14. The SMILES string of the molecule is CCCC[C@H](SNC(=O)OC(c1ccccc1)C(F)(F)c1cccc(Cl)c1)C(=O)N[C@H](CO)C[C@@H]1CCNC1=O. The van der Waals surface area contributed by atoms with Crippen LogP contribution in [0.25, 0.3) is 0 Å². The van der Waals surface area contributed by atoms with Gasteiger partial charge in [-0.25, -0.2) is 4.79 Å². The number of hydrogen-bond donors (Lipinski definition) is 4. The van der Waals surface area contributed by atoms with Crippen LogP contribution in [0.5, 0.6) is 0 Å². The maximum atomic E-state index is 15.6. The van der Waals surface area contributed by atoms with Crippen molar-refractivity contribution >= 4 is 41.5 Å². The van der Waals surface area contributed by atoms with Crippen molar-refractivity contribution in [1.82, 2.24) is 15.4 Å². The summed E-state index contributed by atoms with van der Waals surface area (Å²) in [6, 6.07) is 12.2. The number of hydrogen-bond acceptors (Lipinski definition) is 6. The van der Waals surface area contributed by atoms with Crippen molar-refractivity contribution in [1.29, 1.82) is 0 Å². The minimum atomic E-state index is -3.62. The lowest BCUT2D eigenvalue weighted by Crippen LogP contribution is -2.44. The highest BCUT2D eigenvalue weighted by Crippen LogP contribution is 2.43. The van der Waals surface area contributed by atoms with E-state index in [1.807, 2.05) is 6.92 Å². The van der Waals surface area contributed by atoms with Crippen LogP contribution in [-0.4, -0.2) is 47.5 Å². The predicted molar refractivity (Wildman–Crippen MR) is 150 cm³/mol. The second kappa shape index (κ2) is 15.2. The molecule has 1 fully saturated rings. The Morgan fingerprint density at radius 2 is 1.98 bits per heavy atom. The average molecular weight is 598 g/mol. The van der Waals surface area contributed by atoms with Gasteiger partial charge in [0.1, 0.15) is 5.25 Å². The van der Waals surface area contributed by atoms with Crippen molar-refractivity contribution < 1.29 is 33.0 Å². The summed E-state index contributed by atoms with van der Waals surface area (Å²) < 4.78 is 38.9. The van der Waals surface area contributed by atoms with Gasteiger partial charge in [0, 0.05) is 23.0 Å². The molecule has 1 unspecified atom stereocenters.